The maximum absolute atomic E-state index is 12.4. The molecule has 2 aromatic carbocycles. The predicted octanol–water partition coefficient (Wildman–Crippen LogP) is 3.83. The quantitative estimate of drug-likeness (QED) is 0.364. The fourth-order valence-electron chi connectivity index (χ4n) is 2.06. The third kappa shape index (κ3) is 4.54. The fourth-order valence-corrected chi connectivity index (χ4v) is 2.06. The van der Waals surface area contributed by atoms with Crippen molar-refractivity contribution in [2.45, 2.75) is 13.8 Å². The molecule has 4 nitrogen and oxygen atoms in total. The zero-order chi connectivity index (χ0) is 16.8. The minimum atomic E-state index is -0.456. The van der Waals surface area contributed by atoms with Crippen LogP contribution in [0, 0.1) is 6.92 Å². The number of benzene rings is 2. The molecule has 0 aliphatic heterocycles. The van der Waals surface area contributed by atoms with E-state index >= 15 is 0 Å². The summed E-state index contributed by atoms with van der Waals surface area (Å²) in [5.74, 6) is 0.347. The minimum absolute atomic E-state index is 0.222. The zero-order valence-corrected chi connectivity index (χ0v) is 13.3. The average Bonchev–Trinajstić information content (AvgIpc) is 2.54. The van der Waals surface area contributed by atoms with Crippen molar-refractivity contribution in [3.05, 3.63) is 65.2 Å². The number of allylic oxidation sites excluding steroid dienone is 1. The molecule has 118 valence electrons. The van der Waals surface area contributed by atoms with E-state index in [4.69, 9.17) is 9.47 Å². The van der Waals surface area contributed by atoms with E-state index in [-0.39, 0.29) is 11.5 Å². The topological polar surface area (TPSA) is 52.6 Å². The molecule has 0 spiro atoms. The Morgan fingerprint density at radius 3 is 2.35 bits per heavy atom. The van der Waals surface area contributed by atoms with E-state index < -0.39 is 5.97 Å². The van der Waals surface area contributed by atoms with Crippen LogP contribution in [0.1, 0.15) is 28.4 Å². The van der Waals surface area contributed by atoms with Crippen LogP contribution in [0.25, 0.3) is 6.08 Å². The van der Waals surface area contributed by atoms with Gasteiger partial charge < -0.3 is 9.47 Å². The largest absolute Gasteiger partial charge is 0.497 e. The van der Waals surface area contributed by atoms with E-state index in [2.05, 4.69) is 0 Å². The number of rotatable bonds is 5. The van der Waals surface area contributed by atoms with Crippen LogP contribution in [-0.4, -0.2) is 18.9 Å². The SMILES string of the molecule is COc1ccc(/C=C\C(=O)c2cc(C)ccc2OC(C)=O)cc1. The first kappa shape index (κ1) is 16.5. The number of aryl methyl sites for hydroxylation is 1. The normalized spacial score (nSPS) is 10.6. The van der Waals surface area contributed by atoms with E-state index in [9.17, 15) is 9.59 Å². The summed E-state index contributed by atoms with van der Waals surface area (Å²) in [6.45, 7) is 3.18. The van der Waals surface area contributed by atoms with E-state index in [1.807, 2.05) is 31.2 Å². The highest BCUT2D eigenvalue weighted by molar-refractivity contribution is 6.09. The second-order valence-electron chi connectivity index (χ2n) is 5.06. The Morgan fingerprint density at radius 2 is 1.74 bits per heavy atom. The smallest absolute Gasteiger partial charge is 0.308 e. The third-order valence-electron chi connectivity index (χ3n) is 3.20. The van der Waals surface area contributed by atoms with Crippen molar-refractivity contribution < 1.29 is 19.1 Å². The molecule has 4 heteroatoms. The van der Waals surface area contributed by atoms with Gasteiger partial charge in [0.05, 0.1) is 12.7 Å². The summed E-state index contributed by atoms with van der Waals surface area (Å²) < 4.78 is 10.2. The summed E-state index contributed by atoms with van der Waals surface area (Å²) in [5, 5.41) is 0. The van der Waals surface area contributed by atoms with Gasteiger partial charge >= 0.3 is 5.97 Å². The van der Waals surface area contributed by atoms with Gasteiger partial charge in [0.1, 0.15) is 11.5 Å². The van der Waals surface area contributed by atoms with E-state index in [1.54, 1.807) is 31.4 Å². The van der Waals surface area contributed by atoms with E-state index in [0.717, 1.165) is 16.9 Å². The van der Waals surface area contributed by atoms with Gasteiger partial charge in [-0.1, -0.05) is 29.8 Å². The number of hydrogen-bond donors (Lipinski definition) is 0. The minimum Gasteiger partial charge on any atom is -0.497 e. The second kappa shape index (κ2) is 7.40. The Hall–Kier alpha value is -2.88. The highest BCUT2D eigenvalue weighted by Gasteiger charge is 2.12. The molecule has 0 fully saturated rings. The predicted molar refractivity (Wildman–Crippen MR) is 88.8 cm³/mol. The van der Waals surface area contributed by atoms with Crippen molar-refractivity contribution in [3.8, 4) is 11.5 Å². The van der Waals surface area contributed by atoms with Crippen LogP contribution < -0.4 is 9.47 Å². The molecule has 0 N–H and O–H groups in total. The molecule has 2 rings (SSSR count). The second-order valence-corrected chi connectivity index (χ2v) is 5.06. The van der Waals surface area contributed by atoms with E-state index in [1.165, 1.54) is 13.0 Å². The lowest BCUT2D eigenvalue weighted by molar-refractivity contribution is -0.131. The molecule has 0 heterocycles. The maximum Gasteiger partial charge on any atom is 0.308 e. The summed E-state index contributed by atoms with van der Waals surface area (Å²) in [4.78, 5) is 23.5. The number of carbonyl (C=O) groups excluding carboxylic acids is 2. The Bertz CT molecular complexity index is 742. The van der Waals surface area contributed by atoms with Crippen LogP contribution in [0.15, 0.2) is 48.5 Å². The van der Waals surface area contributed by atoms with Crippen molar-refractivity contribution in [3.63, 3.8) is 0 Å². The molecule has 0 amide bonds. The van der Waals surface area contributed by atoms with Crippen LogP contribution in [0.3, 0.4) is 0 Å². The highest BCUT2D eigenvalue weighted by Crippen LogP contribution is 2.22. The van der Waals surface area contributed by atoms with Gasteiger partial charge in [-0.3, -0.25) is 9.59 Å². The molecule has 0 aromatic heterocycles. The van der Waals surface area contributed by atoms with E-state index in [0.29, 0.717) is 5.56 Å². The van der Waals surface area contributed by atoms with Gasteiger partial charge in [0.25, 0.3) is 0 Å². The number of ketones is 1. The van der Waals surface area contributed by atoms with Gasteiger partial charge in [-0.05, 0) is 42.8 Å². The Kier molecular flexibility index (Phi) is 5.31. The van der Waals surface area contributed by atoms with Gasteiger partial charge in [0.2, 0.25) is 0 Å². The van der Waals surface area contributed by atoms with Crippen molar-refractivity contribution in [2.75, 3.05) is 7.11 Å². The van der Waals surface area contributed by atoms with Crippen LogP contribution >= 0.6 is 0 Å². The molecule has 2 aromatic rings. The van der Waals surface area contributed by atoms with Crippen LogP contribution in [0.2, 0.25) is 0 Å². The molecule has 0 bridgehead atoms. The van der Waals surface area contributed by atoms with Crippen molar-refractivity contribution in [1.82, 2.24) is 0 Å². The molecule has 0 aliphatic carbocycles. The van der Waals surface area contributed by atoms with Crippen molar-refractivity contribution in [1.29, 1.82) is 0 Å². The molecule has 0 atom stereocenters. The molecule has 0 radical (unpaired) electrons. The lowest BCUT2D eigenvalue weighted by atomic mass is 10.1. The van der Waals surface area contributed by atoms with Crippen molar-refractivity contribution >= 4 is 17.8 Å². The monoisotopic (exact) mass is 310 g/mol. The molecule has 23 heavy (non-hydrogen) atoms. The Balaban J connectivity index is 2.23. The lowest BCUT2D eigenvalue weighted by Crippen LogP contribution is -2.06. The molecule has 0 aliphatic rings. The van der Waals surface area contributed by atoms with Gasteiger partial charge in [-0.15, -0.1) is 0 Å². The number of hydrogen-bond acceptors (Lipinski definition) is 4. The molecule has 0 saturated heterocycles. The number of methoxy groups -OCH3 is 1. The molecule has 0 unspecified atom stereocenters. The van der Waals surface area contributed by atoms with Crippen LogP contribution in [-0.2, 0) is 4.79 Å². The summed E-state index contributed by atoms with van der Waals surface area (Å²) >= 11 is 0. The third-order valence-corrected chi connectivity index (χ3v) is 3.20. The summed E-state index contributed by atoms with van der Waals surface area (Å²) in [5.41, 5.74) is 2.16. The first-order chi connectivity index (χ1) is 11.0. The highest BCUT2D eigenvalue weighted by atomic mass is 16.5. The molecular formula is C19H18O4. The number of esters is 1. The first-order valence-corrected chi connectivity index (χ1v) is 7.15. The van der Waals surface area contributed by atoms with Gasteiger partial charge in [-0.25, -0.2) is 0 Å². The van der Waals surface area contributed by atoms with Gasteiger partial charge in [0.15, 0.2) is 5.78 Å². The molecular weight excluding hydrogens is 292 g/mol. The van der Waals surface area contributed by atoms with Crippen LogP contribution in [0.4, 0.5) is 0 Å². The number of ether oxygens (including phenoxy) is 2. The Labute approximate surface area is 135 Å². The Morgan fingerprint density at radius 1 is 1.04 bits per heavy atom. The van der Waals surface area contributed by atoms with Gasteiger partial charge in [-0.2, -0.15) is 0 Å². The first-order valence-electron chi connectivity index (χ1n) is 7.15. The molecule has 0 saturated carbocycles. The maximum atomic E-state index is 12.4. The fraction of sp³-hybridized carbons (Fsp3) is 0.158. The summed E-state index contributed by atoms with van der Waals surface area (Å²) in [6.07, 6.45) is 3.17. The average molecular weight is 310 g/mol. The summed E-state index contributed by atoms with van der Waals surface area (Å²) in [7, 11) is 1.60. The lowest BCUT2D eigenvalue weighted by Gasteiger charge is -2.07. The standard InChI is InChI=1S/C19H18O4/c1-13-4-11-19(23-14(2)20)17(12-13)18(21)10-7-15-5-8-16(22-3)9-6-15/h4-12H,1-3H3/b10-7-. The zero-order valence-electron chi connectivity index (χ0n) is 13.3. The van der Waals surface area contributed by atoms with Crippen LogP contribution in [0.5, 0.6) is 11.5 Å². The van der Waals surface area contributed by atoms with Gasteiger partial charge in [0, 0.05) is 6.92 Å². The number of carbonyl (C=O) groups is 2. The summed E-state index contributed by atoms with van der Waals surface area (Å²) in [6, 6.07) is 12.5. The van der Waals surface area contributed by atoms with Crippen molar-refractivity contribution in [2.24, 2.45) is 0 Å².